The van der Waals surface area contributed by atoms with Crippen LogP contribution in [-0.2, 0) is 23.7 Å². The highest BCUT2D eigenvalue weighted by Crippen LogP contribution is 2.17. The van der Waals surface area contributed by atoms with Crippen molar-refractivity contribution >= 4 is 10.2 Å². The van der Waals surface area contributed by atoms with Gasteiger partial charge >= 0.3 is 0 Å². The van der Waals surface area contributed by atoms with Gasteiger partial charge in [0.05, 0.1) is 6.20 Å². The number of hydrogen-bond acceptors (Lipinski definition) is 4. The van der Waals surface area contributed by atoms with E-state index in [4.69, 9.17) is 5.73 Å². The minimum atomic E-state index is -3.36. The summed E-state index contributed by atoms with van der Waals surface area (Å²) in [7, 11) is -1.52. The fourth-order valence-electron chi connectivity index (χ4n) is 2.40. The molecular formula is C12H23N5O2S. The van der Waals surface area contributed by atoms with Gasteiger partial charge in [-0.3, -0.25) is 4.68 Å². The number of aryl methyl sites for hydroxylation is 1. The van der Waals surface area contributed by atoms with Crippen LogP contribution < -0.4 is 10.5 Å². The number of nitrogens with two attached hydrogens (primary N) is 1. The Hall–Kier alpha value is -0.960. The van der Waals surface area contributed by atoms with E-state index in [2.05, 4.69) is 9.82 Å². The molecule has 0 radical (unpaired) electrons. The lowest BCUT2D eigenvalue weighted by molar-refractivity contribution is 0.276. The van der Waals surface area contributed by atoms with Crippen molar-refractivity contribution in [2.75, 3.05) is 26.2 Å². The van der Waals surface area contributed by atoms with Crippen LogP contribution >= 0.6 is 0 Å². The smallest absolute Gasteiger partial charge is 0.279 e. The molecule has 1 saturated heterocycles. The summed E-state index contributed by atoms with van der Waals surface area (Å²) in [5.41, 5.74) is 6.64. The third kappa shape index (κ3) is 4.02. The lowest BCUT2D eigenvalue weighted by Gasteiger charge is -2.30. The Morgan fingerprint density at radius 2 is 2.15 bits per heavy atom. The number of rotatable bonds is 6. The fourth-order valence-corrected chi connectivity index (χ4v) is 3.64. The van der Waals surface area contributed by atoms with Crippen molar-refractivity contribution in [2.24, 2.45) is 18.7 Å². The molecule has 2 rings (SSSR count). The first-order valence-corrected chi connectivity index (χ1v) is 8.37. The zero-order valence-corrected chi connectivity index (χ0v) is 12.6. The fraction of sp³-hybridized carbons (Fsp3) is 0.750. The first-order chi connectivity index (χ1) is 9.51. The van der Waals surface area contributed by atoms with Crippen LogP contribution in [0.3, 0.4) is 0 Å². The van der Waals surface area contributed by atoms with Gasteiger partial charge in [-0.1, -0.05) is 0 Å². The quantitative estimate of drug-likeness (QED) is 0.738. The van der Waals surface area contributed by atoms with Crippen molar-refractivity contribution in [3.05, 3.63) is 18.0 Å². The SMILES string of the molecule is Cn1cc(CCNS(=O)(=O)N2CCC(CN)CC2)cn1. The van der Waals surface area contributed by atoms with Crippen LogP contribution in [0.2, 0.25) is 0 Å². The zero-order chi connectivity index (χ0) is 14.6. The van der Waals surface area contributed by atoms with E-state index >= 15 is 0 Å². The monoisotopic (exact) mass is 301 g/mol. The molecule has 2 heterocycles. The lowest BCUT2D eigenvalue weighted by atomic mass is 9.99. The van der Waals surface area contributed by atoms with Crippen molar-refractivity contribution in [3.8, 4) is 0 Å². The molecule has 1 aliphatic heterocycles. The third-order valence-corrected chi connectivity index (χ3v) is 5.32. The van der Waals surface area contributed by atoms with Gasteiger partial charge in [0.1, 0.15) is 0 Å². The largest absolute Gasteiger partial charge is 0.330 e. The zero-order valence-electron chi connectivity index (χ0n) is 11.8. The summed E-state index contributed by atoms with van der Waals surface area (Å²) in [6.07, 6.45) is 5.98. The number of nitrogens with one attached hydrogen (secondary N) is 1. The highest BCUT2D eigenvalue weighted by molar-refractivity contribution is 7.87. The molecule has 3 N–H and O–H groups in total. The second kappa shape index (κ2) is 6.66. The maximum Gasteiger partial charge on any atom is 0.279 e. The van der Waals surface area contributed by atoms with Crippen LogP contribution in [-0.4, -0.2) is 48.7 Å². The molecule has 0 saturated carbocycles. The van der Waals surface area contributed by atoms with Gasteiger partial charge in [-0.25, -0.2) is 4.72 Å². The molecule has 0 unspecified atom stereocenters. The first-order valence-electron chi connectivity index (χ1n) is 6.93. The van der Waals surface area contributed by atoms with Gasteiger partial charge in [0, 0.05) is 32.9 Å². The van der Waals surface area contributed by atoms with E-state index in [-0.39, 0.29) is 0 Å². The normalized spacial score (nSPS) is 18.5. The standard InChI is InChI=1S/C12H23N5O2S/c1-16-10-12(9-14-16)2-5-15-20(18,19)17-6-3-11(8-13)4-7-17/h9-11,15H,2-8,13H2,1H3. The highest BCUT2D eigenvalue weighted by Gasteiger charge is 2.26. The second-order valence-corrected chi connectivity index (χ2v) is 7.00. The summed E-state index contributed by atoms with van der Waals surface area (Å²) in [6.45, 7) is 2.15. The molecule has 0 bridgehead atoms. The highest BCUT2D eigenvalue weighted by atomic mass is 32.2. The molecule has 1 aromatic rings. The maximum atomic E-state index is 12.1. The molecule has 1 fully saturated rings. The average molecular weight is 301 g/mol. The summed E-state index contributed by atoms with van der Waals surface area (Å²) in [6, 6.07) is 0. The predicted molar refractivity (Wildman–Crippen MR) is 77.2 cm³/mol. The summed E-state index contributed by atoms with van der Waals surface area (Å²) in [5, 5.41) is 4.06. The van der Waals surface area contributed by atoms with Crippen LogP contribution in [0, 0.1) is 5.92 Å². The Labute approximate surface area is 120 Å². The van der Waals surface area contributed by atoms with Crippen LogP contribution in [0.1, 0.15) is 18.4 Å². The number of aromatic nitrogens is 2. The number of piperidine rings is 1. The molecule has 1 aliphatic rings. The first kappa shape index (κ1) is 15.4. The molecule has 114 valence electrons. The minimum Gasteiger partial charge on any atom is -0.330 e. The van der Waals surface area contributed by atoms with E-state index in [1.54, 1.807) is 10.9 Å². The molecule has 20 heavy (non-hydrogen) atoms. The van der Waals surface area contributed by atoms with E-state index in [9.17, 15) is 8.42 Å². The summed E-state index contributed by atoms with van der Waals surface area (Å²) in [5.74, 6) is 0.455. The molecule has 0 aliphatic carbocycles. The van der Waals surface area contributed by atoms with E-state index in [0.717, 1.165) is 18.4 Å². The number of hydrogen-bond donors (Lipinski definition) is 2. The second-order valence-electron chi connectivity index (χ2n) is 5.25. The van der Waals surface area contributed by atoms with Gasteiger partial charge in [0.15, 0.2) is 0 Å². The molecule has 0 atom stereocenters. The Balaban J connectivity index is 1.79. The van der Waals surface area contributed by atoms with Crippen molar-refractivity contribution < 1.29 is 8.42 Å². The summed E-state index contributed by atoms with van der Waals surface area (Å²) in [4.78, 5) is 0. The third-order valence-electron chi connectivity index (χ3n) is 3.70. The van der Waals surface area contributed by atoms with Crippen molar-refractivity contribution in [1.29, 1.82) is 0 Å². The molecule has 7 nitrogen and oxygen atoms in total. The molecule has 0 amide bonds. The average Bonchev–Trinajstić information content (AvgIpc) is 2.84. The molecule has 0 aromatic carbocycles. The van der Waals surface area contributed by atoms with Gasteiger partial charge in [-0.05, 0) is 37.3 Å². The Morgan fingerprint density at radius 3 is 2.70 bits per heavy atom. The van der Waals surface area contributed by atoms with E-state index < -0.39 is 10.2 Å². The van der Waals surface area contributed by atoms with Gasteiger partial charge in [-0.15, -0.1) is 0 Å². The lowest BCUT2D eigenvalue weighted by Crippen LogP contribution is -2.46. The van der Waals surface area contributed by atoms with E-state index in [1.165, 1.54) is 4.31 Å². The Kier molecular flexibility index (Phi) is 5.14. The van der Waals surface area contributed by atoms with E-state index in [1.807, 2.05) is 13.2 Å². The molecule has 0 spiro atoms. The predicted octanol–water partition coefficient (Wildman–Crippen LogP) is -0.532. The van der Waals surface area contributed by atoms with Crippen LogP contribution in [0.25, 0.3) is 0 Å². The molecular weight excluding hydrogens is 278 g/mol. The van der Waals surface area contributed by atoms with Crippen LogP contribution in [0.5, 0.6) is 0 Å². The molecule has 1 aromatic heterocycles. The topological polar surface area (TPSA) is 93.2 Å². The number of nitrogens with zero attached hydrogens (tertiary/aromatic N) is 3. The van der Waals surface area contributed by atoms with Gasteiger partial charge < -0.3 is 5.73 Å². The van der Waals surface area contributed by atoms with Crippen molar-refractivity contribution in [2.45, 2.75) is 19.3 Å². The summed E-state index contributed by atoms with van der Waals surface area (Å²) >= 11 is 0. The minimum absolute atomic E-state index is 0.394. The van der Waals surface area contributed by atoms with Gasteiger partial charge in [0.25, 0.3) is 10.2 Å². The van der Waals surface area contributed by atoms with E-state index in [0.29, 0.717) is 38.5 Å². The Morgan fingerprint density at radius 1 is 1.45 bits per heavy atom. The van der Waals surface area contributed by atoms with Crippen molar-refractivity contribution in [3.63, 3.8) is 0 Å². The van der Waals surface area contributed by atoms with Gasteiger partial charge in [0.2, 0.25) is 0 Å². The van der Waals surface area contributed by atoms with Crippen LogP contribution in [0.15, 0.2) is 12.4 Å². The van der Waals surface area contributed by atoms with Crippen molar-refractivity contribution in [1.82, 2.24) is 18.8 Å². The van der Waals surface area contributed by atoms with Crippen LogP contribution in [0.4, 0.5) is 0 Å². The molecule has 8 heteroatoms. The Bertz CT molecular complexity index is 520. The maximum absolute atomic E-state index is 12.1. The van der Waals surface area contributed by atoms with Gasteiger partial charge in [-0.2, -0.15) is 17.8 Å². The summed E-state index contributed by atoms with van der Waals surface area (Å²) < 4.78 is 30.2.